The number of amides is 1. The Kier molecular flexibility index (Phi) is 5.66. The number of rotatable bonds is 6. The Labute approximate surface area is 133 Å². The van der Waals surface area contributed by atoms with E-state index in [4.69, 9.17) is 4.74 Å². The van der Waals surface area contributed by atoms with Crippen LogP contribution in [0, 0.1) is 6.92 Å². The maximum Gasteiger partial charge on any atom is 0.315 e. The van der Waals surface area contributed by atoms with Crippen LogP contribution in [0.4, 0.5) is 5.13 Å². The number of thiazole rings is 1. The highest BCUT2D eigenvalue weighted by molar-refractivity contribution is 7.15. The molecular weight excluding hydrogens is 300 g/mol. The van der Waals surface area contributed by atoms with Crippen molar-refractivity contribution in [1.29, 1.82) is 0 Å². The number of aromatic nitrogens is 1. The minimum absolute atomic E-state index is 0.268. The van der Waals surface area contributed by atoms with Crippen LogP contribution in [0.25, 0.3) is 0 Å². The van der Waals surface area contributed by atoms with E-state index in [1.807, 2.05) is 6.07 Å². The lowest BCUT2D eigenvalue weighted by Crippen LogP contribution is -2.17. The minimum atomic E-state index is -0.531. The Morgan fingerprint density at radius 2 is 2.18 bits per heavy atom. The first-order valence-corrected chi connectivity index (χ1v) is 7.84. The highest BCUT2D eigenvalue weighted by Crippen LogP contribution is 2.21. The van der Waals surface area contributed by atoms with Gasteiger partial charge in [0.25, 0.3) is 0 Å². The molecule has 1 aromatic heterocycles. The standard InChI is InChI=1S/C16H18N2O3S/c1-3-21-15(20)9-14(19)18-16-17-10-13(22-16)8-12-6-4-5-11(2)7-12/h4-7,10H,3,8-9H2,1-2H3,(H,17,18,19). The van der Waals surface area contributed by atoms with E-state index in [9.17, 15) is 9.59 Å². The zero-order valence-electron chi connectivity index (χ0n) is 12.6. The summed E-state index contributed by atoms with van der Waals surface area (Å²) in [5, 5.41) is 3.11. The number of aryl methyl sites for hydroxylation is 1. The topological polar surface area (TPSA) is 68.3 Å². The highest BCUT2D eigenvalue weighted by atomic mass is 32.1. The molecule has 0 unspecified atom stereocenters. The maximum atomic E-state index is 11.7. The molecule has 1 aromatic carbocycles. The van der Waals surface area contributed by atoms with E-state index in [2.05, 4.69) is 35.4 Å². The summed E-state index contributed by atoms with van der Waals surface area (Å²) in [6.45, 7) is 4.02. The van der Waals surface area contributed by atoms with E-state index in [0.717, 1.165) is 11.3 Å². The van der Waals surface area contributed by atoms with Gasteiger partial charge in [0.2, 0.25) is 5.91 Å². The summed E-state index contributed by atoms with van der Waals surface area (Å²) in [4.78, 5) is 28.1. The molecule has 0 aliphatic carbocycles. The number of ether oxygens (including phenoxy) is 1. The fourth-order valence-corrected chi connectivity index (χ4v) is 2.84. The van der Waals surface area contributed by atoms with Gasteiger partial charge in [-0.15, -0.1) is 11.3 Å². The molecule has 0 saturated carbocycles. The van der Waals surface area contributed by atoms with Gasteiger partial charge in [-0.3, -0.25) is 9.59 Å². The van der Waals surface area contributed by atoms with Crippen LogP contribution in [0.15, 0.2) is 30.5 Å². The smallest absolute Gasteiger partial charge is 0.315 e. The van der Waals surface area contributed by atoms with E-state index in [1.54, 1.807) is 13.1 Å². The second kappa shape index (κ2) is 7.70. The molecule has 0 atom stereocenters. The molecule has 0 saturated heterocycles. The number of benzene rings is 1. The Morgan fingerprint density at radius 3 is 2.91 bits per heavy atom. The molecule has 116 valence electrons. The Bertz CT molecular complexity index is 667. The SMILES string of the molecule is CCOC(=O)CC(=O)Nc1ncc(Cc2cccc(C)c2)s1. The molecule has 0 fully saturated rings. The van der Waals surface area contributed by atoms with E-state index in [0.29, 0.717) is 5.13 Å². The lowest BCUT2D eigenvalue weighted by molar-refractivity contribution is -0.145. The number of nitrogens with zero attached hydrogens (tertiary/aromatic N) is 1. The molecule has 22 heavy (non-hydrogen) atoms. The highest BCUT2D eigenvalue weighted by Gasteiger charge is 2.12. The number of anilines is 1. The molecular formula is C16H18N2O3S. The number of carbonyl (C=O) groups is 2. The third-order valence-corrected chi connectivity index (χ3v) is 3.78. The van der Waals surface area contributed by atoms with Gasteiger partial charge in [-0.05, 0) is 19.4 Å². The monoisotopic (exact) mass is 318 g/mol. The van der Waals surface area contributed by atoms with Crippen molar-refractivity contribution >= 4 is 28.3 Å². The lowest BCUT2D eigenvalue weighted by Gasteiger charge is -2.01. The summed E-state index contributed by atoms with van der Waals surface area (Å²) in [7, 11) is 0. The van der Waals surface area contributed by atoms with Crippen LogP contribution in [0.3, 0.4) is 0 Å². The number of nitrogens with one attached hydrogen (secondary N) is 1. The van der Waals surface area contributed by atoms with Crippen molar-refractivity contribution < 1.29 is 14.3 Å². The van der Waals surface area contributed by atoms with Crippen LogP contribution in [0.1, 0.15) is 29.3 Å². The number of hydrogen-bond donors (Lipinski definition) is 1. The van der Waals surface area contributed by atoms with Crippen LogP contribution in [-0.2, 0) is 20.7 Å². The molecule has 0 bridgehead atoms. The molecule has 2 rings (SSSR count). The van der Waals surface area contributed by atoms with Gasteiger partial charge in [-0.25, -0.2) is 4.98 Å². The summed E-state index contributed by atoms with van der Waals surface area (Å²) in [5.74, 6) is -0.938. The van der Waals surface area contributed by atoms with Crippen LogP contribution < -0.4 is 5.32 Å². The van der Waals surface area contributed by atoms with Gasteiger partial charge >= 0.3 is 5.97 Å². The molecule has 6 heteroatoms. The van der Waals surface area contributed by atoms with Crippen molar-refractivity contribution in [3.8, 4) is 0 Å². The molecule has 2 aromatic rings. The average molecular weight is 318 g/mol. The number of esters is 1. The summed E-state index contributed by atoms with van der Waals surface area (Å²) < 4.78 is 4.73. The summed E-state index contributed by atoms with van der Waals surface area (Å²) >= 11 is 1.41. The first-order valence-electron chi connectivity index (χ1n) is 7.02. The first kappa shape index (κ1) is 16.2. The van der Waals surface area contributed by atoms with Gasteiger partial charge < -0.3 is 10.1 Å². The Morgan fingerprint density at radius 1 is 1.36 bits per heavy atom. The zero-order valence-corrected chi connectivity index (χ0v) is 13.4. The second-order valence-electron chi connectivity index (χ2n) is 4.83. The summed E-state index contributed by atoms with van der Waals surface area (Å²) in [6.07, 6.45) is 2.22. The van der Waals surface area contributed by atoms with Crippen LogP contribution >= 0.6 is 11.3 Å². The van der Waals surface area contributed by atoms with Gasteiger partial charge in [-0.1, -0.05) is 29.8 Å². The predicted octanol–water partition coefficient (Wildman–Crippen LogP) is 2.93. The zero-order chi connectivity index (χ0) is 15.9. The lowest BCUT2D eigenvalue weighted by atomic mass is 10.1. The van der Waals surface area contributed by atoms with Crippen molar-refractivity contribution in [3.05, 3.63) is 46.5 Å². The minimum Gasteiger partial charge on any atom is -0.466 e. The average Bonchev–Trinajstić information content (AvgIpc) is 2.85. The fraction of sp³-hybridized carbons (Fsp3) is 0.312. The molecule has 5 nitrogen and oxygen atoms in total. The van der Waals surface area contributed by atoms with Gasteiger partial charge in [-0.2, -0.15) is 0 Å². The first-order chi connectivity index (χ1) is 10.6. The molecule has 0 spiro atoms. The number of hydrogen-bond acceptors (Lipinski definition) is 5. The molecule has 1 amide bonds. The van der Waals surface area contributed by atoms with E-state index in [-0.39, 0.29) is 13.0 Å². The number of carbonyl (C=O) groups excluding carboxylic acids is 2. The molecule has 0 aliphatic heterocycles. The van der Waals surface area contributed by atoms with Gasteiger partial charge in [0.15, 0.2) is 5.13 Å². The van der Waals surface area contributed by atoms with E-state index >= 15 is 0 Å². The second-order valence-corrected chi connectivity index (χ2v) is 5.94. The summed E-state index contributed by atoms with van der Waals surface area (Å²) in [6, 6.07) is 8.26. The van der Waals surface area contributed by atoms with Crippen LogP contribution in [0.5, 0.6) is 0 Å². The van der Waals surface area contributed by atoms with Crippen molar-refractivity contribution in [3.63, 3.8) is 0 Å². The van der Waals surface area contributed by atoms with E-state index < -0.39 is 11.9 Å². The molecule has 0 aliphatic rings. The van der Waals surface area contributed by atoms with E-state index in [1.165, 1.54) is 22.5 Å². The molecule has 1 N–H and O–H groups in total. The maximum absolute atomic E-state index is 11.7. The third-order valence-electron chi connectivity index (χ3n) is 2.87. The van der Waals surface area contributed by atoms with Crippen molar-refractivity contribution in [2.75, 3.05) is 11.9 Å². The van der Waals surface area contributed by atoms with Crippen LogP contribution in [-0.4, -0.2) is 23.5 Å². The Hall–Kier alpha value is -2.21. The third kappa shape index (κ3) is 4.96. The largest absolute Gasteiger partial charge is 0.466 e. The predicted molar refractivity (Wildman–Crippen MR) is 86.0 cm³/mol. The molecule has 1 heterocycles. The quantitative estimate of drug-likeness (QED) is 0.657. The van der Waals surface area contributed by atoms with Crippen LogP contribution in [0.2, 0.25) is 0 Å². The van der Waals surface area contributed by atoms with Gasteiger partial charge in [0, 0.05) is 17.5 Å². The fourth-order valence-electron chi connectivity index (χ4n) is 1.98. The van der Waals surface area contributed by atoms with Crippen molar-refractivity contribution in [2.45, 2.75) is 26.7 Å². The normalized spacial score (nSPS) is 10.3. The van der Waals surface area contributed by atoms with Crippen molar-refractivity contribution in [2.24, 2.45) is 0 Å². The summed E-state index contributed by atoms with van der Waals surface area (Å²) in [5.41, 5.74) is 2.41. The molecule has 0 radical (unpaired) electrons. The van der Waals surface area contributed by atoms with Crippen molar-refractivity contribution in [1.82, 2.24) is 4.98 Å². The Balaban J connectivity index is 1.91. The van der Waals surface area contributed by atoms with Gasteiger partial charge in [0.05, 0.1) is 6.61 Å². The van der Waals surface area contributed by atoms with Gasteiger partial charge in [0.1, 0.15) is 6.42 Å².